The molecule has 529 valence electrons. The number of hydrogen-bond acceptors (Lipinski definition) is 10. The molecule has 0 N–H and O–H groups in total. The maximum atomic E-state index is 12.6. The Labute approximate surface area is 673 Å². The molecular weight excluding hydrogens is 2190 g/mol. The van der Waals surface area contributed by atoms with Gasteiger partial charge in [0.15, 0.2) is 0 Å². The minimum Gasteiger partial charge on any atom is -0.286 e. The summed E-state index contributed by atoms with van der Waals surface area (Å²) in [4.78, 5) is 43.7. The summed E-state index contributed by atoms with van der Waals surface area (Å²) in [6.07, 6.45) is 1.87. The van der Waals surface area contributed by atoms with Crippen LogP contribution in [0.1, 0.15) is 33.8 Å². The Morgan fingerprint density at radius 1 is 0.288 bits per heavy atom. The molecule has 5 heterocycles. The van der Waals surface area contributed by atoms with Crippen LogP contribution >= 0.6 is 0 Å². The van der Waals surface area contributed by atoms with Crippen LogP contribution in [0, 0.1) is 65.0 Å². The predicted molar refractivity (Wildman–Crippen MR) is 387 cm³/mol. The number of rotatable bonds is 10. The summed E-state index contributed by atoms with van der Waals surface area (Å²) in [7, 11) is 0. The molecule has 0 aliphatic carbocycles. The Kier molecular flexibility index (Phi) is 33.6. The van der Waals surface area contributed by atoms with Gasteiger partial charge in [0, 0.05) is 112 Å². The average Bonchev–Trinajstić information content (AvgIpc) is 0.824. The summed E-state index contributed by atoms with van der Waals surface area (Å²) >= 11 is 0. The smallest absolute Gasteiger partial charge is 0.286 e. The fourth-order valence-electron chi connectivity index (χ4n) is 10.5. The molecule has 10 aromatic carbocycles. The normalized spacial score (nSPS) is 10.1. The number of hydrogen-bond donors (Lipinski definition) is 0. The van der Waals surface area contributed by atoms with Crippen molar-refractivity contribution in [3.05, 3.63) is 362 Å². The van der Waals surface area contributed by atoms with Crippen molar-refractivity contribution in [1.82, 2.24) is 49.8 Å². The molecule has 0 saturated carbocycles. The molecule has 18 heteroatoms. The fourth-order valence-corrected chi connectivity index (χ4v) is 10.5. The number of aromatic nitrogens is 10. The van der Waals surface area contributed by atoms with Gasteiger partial charge in [-0.1, -0.05) is 163 Å². The van der Waals surface area contributed by atoms with Crippen molar-refractivity contribution in [1.29, 1.82) is 0 Å². The fraction of sp³-hybridized carbons (Fsp3) is 0.0698. The van der Waals surface area contributed by atoms with Gasteiger partial charge in [-0.25, -0.2) is 24.9 Å². The van der Waals surface area contributed by atoms with Crippen LogP contribution in [0.4, 0.5) is 13.2 Å². The SMILES string of the molecule is Cc1c(-c2[c-]cccc2)ncnc1-c1ccccc1.Cc1ccc(-c2cc(-c3[c-]cc(C(F)(F)F)cc3)ncn2)cc1.Cc1nc(-c2[c-]cccc2)cc(-c2ccccc2)n1.Cc1ncnc(-c2[c-]cccc2)c1C.[Ir].[Ir].[Ir].[Ir].[Ir].[c-]1ccccc1-c1ncnc(-c2ccccc2)c1-c1ccccc1. The zero-order valence-electron chi connectivity index (χ0n) is 56.6. The Morgan fingerprint density at radius 3 is 1.17 bits per heavy atom. The van der Waals surface area contributed by atoms with Crippen LogP contribution in [-0.2, 0) is 107 Å². The van der Waals surface area contributed by atoms with Gasteiger partial charge in [-0.2, -0.15) is 13.2 Å². The van der Waals surface area contributed by atoms with Crippen molar-refractivity contribution in [2.45, 2.75) is 40.8 Å². The first kappa shape index (κ1) is 83.6. The Balaban J connectivity index is 0.000000204. The summed E-state index contributed by atoms with van der Waals surface area (Å²) in [6, 6.07) is 103. The predicted octanol–water partition coefficient (Wildman–Crippen LogP) is 20.6. The second-order valence-electron chi connectivity index (χ2n) is 22.5. The standard InChI is InChI=1S/C22H15N2.C18H12F3N2.2C17H13N2.C12H11N2.5Ir/c1-4-10-17(11-5-1)20-21(18-12-6-2-7-13-18)23-16-24-22(20)19-14-8-3-9-15-19;1-12-2-4-13(5-3-12)16-10-17(23-11-22-16)14-6-8-15(9-7-14)18(19,20)21;1-13-16(14-8-4-2-5-9-14)18-12-19-17(13)15-10-6-3-7-11-15;1-13-18-16(14-8-4-2-5-9-14)12-17(19-13)15-10-6-3-7-11-15;1-9-10(2)13-8-14-12(9)11-6-4-3-5-7-11;;;;;/h1-14,16H;2-6,8-11H,1H3;2*2-10,12H,1H3;3-6,8H,1-2H3;;;;;/q5*-1;;;;;. The largest absolute Gasteiger partial charge is 0.381 e. The van der Waals surface area contributed by atoms with Gasteiger partial charge in [0.05, 0.1) is 22.8 Å². The van der Waals surface area contributed by atoms with E-state index in [2.05, 4.69) is 136 Å². The van der Waals surface area contributed by atoms with Crippen molar-refractivity contribution in [2.75, 3.05) is 0 Å². The van der Waals surface area contributed by atoms with Gasteiger partial charge in [-0.3, -0.25) is 24.9 Å². The number of halogens is 3. The molecule has 0 bridgehead atoms. The summed E-state index contributed by atoms with van der Waals surface area (Å²) < 4.78 is 37.8. The first-order valence-electron chi connectivity index (χ1n) is 31.7. The van der Waals surface area contributed by atoms with Crippen LogP contribution in [0.25, 0.3) is 112 Å². The van der Waals surface area contributed by atoms with E-state index < -0.39 is 11.7 Å². The number of alkyl halides is 3. The Morgan fingerprint density at radius 2 is 0.673 bits per heavy atom. The maximum absolute atomic E-state index is 12.6. The van der Waals surface area contributed by atoms with E-state index in [0.717, 1.165) is 136 Å². The molecule has 10 nitrogen and oxygen atoms in total. The summed E-state index contributed by atoms with van der Waals surface area (Å²) in [5, 5.41) is 0. The monoisotopic (exact) mass is 2260 g/mol. The van der Waals surface area contributed by atoms with Crippen LogP contribution in [0.3, 0.4) is 0 Å². The average molecular weight is 2260 g/mol. The quantitative estimate of drug-likeness (QED) is 0.122. The van der Waals surface area contributed by atoms with Gasteiger partial charge >= 0.3 is 6.18 Å². The first-order valence-corrected chi connectivity index (χ1v) is 31.7. The number of nitrogens with zero attached hydrogens (tertiary/aromatic N) is 10. The van der Waals surface area contributed by atoms with Gasteiger partial charge in [-0.05, 0) is 108 Å². The zero-order chi connectivity index (χ0) is 68.8. The van der Waals surface area contributed by atoms with Gasteiger partial charge in [-0.15, -0.1) is 173 Å². The molecule has 15 aromatic rings. The third-order valence-corrected chi connectivity index (χ3v) is 15.6. The molecule has 0 atom stereocenters. The van der Waals surface area contributed by atoms with Crippen molar-refractivity contribution >= 4 is 0 Å². The molecule has 5 aromatic heterocycles. The third kappa shape index (κ3) is 22.8. The van der Waals surface area contributed by atoms with E-state index in [1.54, 1.807) is 25.0 Å². The Bertz CT molecular complexity index is 4860. The van der Waals surface area contributed by atoms with Gasteiger partial charge in [0.1, 0.15) is 31.1 Å². The molecule has 0 amide bonds. The summed E-state index contributed by atoms with van der Waals surface area (Å²) in [5.41, 5.74) is 22.3. The second kappa shape index (κ2) is 41.8. The minimum absolute atomic E-state index is 0. The van der Waals surface area contributed by atoms with Crippen molar-refractivity contribution in [3.8, 4) is 112 Å². The summed E-state index contributed by atoms with van der Waals surface area (Å²) in [6.45, 7) is 9.98. The van der Waals surface area contributed by atoms with Crippen molar-refractivity contribution in [2.24, 2.45) is 0 Å². The van der Waals surface area contributed by atoms with Crippen molar-refractivity contribution in [3.63, 3.8) is 0 Å². The summed E-state index contributed by atoms with van der Waals surface area (Å²) in [5.74, 6) is 0.772. The van der Waals surface area contributed by atoms with Crippen LogP contribution in [0.5, 0.6) is 0 Å². The topological polar surface area (TPSA) is 129 Å². The van der Waals surface area contributed by atoms with E-state index in [0.29, 0.717) is 17.0 Å². The molecule has 104 heavy (non-hydrogen) atoms. The van der Waals surface area contributed by atoms with Gasteiger partial charge in [0.2, 0.25) is 0 Å². The molecule has 0 fully saturated rings. The molecular formula is C86H64F3Ir5N10-5. The van der Waals surface area contributed by atoms with Crippen LogP contribution in [-0.4, -0.2) is 49.8 Å². The molecule has 0 saturated heterocycles. The molecule has 0 unspecified atom stereocenters. The maximum Gasteiger partial charge on any atom is 0.381 e. The number of benzene rings is 10. The van der Waals surface area contributed by atoms with Gasteiger partial charge < -0.3 is 0 Å². The van der Waals surface area contributed by atoms with E-state index in [-0.39, 0.29) is 101 Å². The van der Waals surface area contributed by atoms with Crippen molar-refractivity contribution < 1.29 is 114 Å². The van der Waals surface area contributed by atoms with E-state index in [4.69, 9.17) is 0 Å². The zero-order valence-corrected chi connectivity index (χ0v) is 68.5. The number of aryl methyl sites for hydroxylation is 3. The van der Waals surface area contributed by atoms with E-state index in [1.807, 2.05) is 228 Å². The van der Waals surface area contributed by atoms with E-state index >= 15 is 0 Å². The molecule has 0 spiro atoms. The van der Waals surface area contributed by atoms with Gasteiger partial charge in [0.25, 0.3) is 0 Å². The Hall–Kier alpha value is -9.36. The molecule has 15 rings (SSSR count). The molecule has 0 aliphatic heterocycles. The van der Waals surface area contributed by atoms with Crippen LogP contribution < -0.4 is 0 Å². The molecule has 0 aliphatic rings. The second-order valence-corrected chi connectivity index (χ2v) is 22.5. The van der Waals surface area contributed by atoms with Crippen LogP contribution in [0.2, 0.25) is 0 Å². The first-order chi connectivity index (χ1) is 48.3. The van der Waals surface area contributed by atoms with Crippen LogP contribution in [0.15, 0.2) is 298 Å². The third-order valence-electron chi connectivity index (χ3n) is 15.6. The minimum atomic E-state index is -4.37. The molecule has 5 radical (unpaired) electrons. The van der Waals surface area contributed by atoms with E-state index in [9.17, 15) is 13.2 Å². The van der Waals surface area contributed by atoms with E-state index in [1.165, 1.54) is 12.4 Å².